The summed E-state index contributed by atoms with van der Waals surface area (Å²) < 4.78 is 26.4. The van der Waals surface area contributed by atoms with E-state index < -0.39 is 12.3 Å². The summed E-state index contributed by atoms with van der Waals surface area (Å²) in [6, 6.07) is 0. The summed E-state index contributed by atoms with van der Waals surface area (Å²) in [7, 11) is 0. The van der Waals surface area contributed by atoms with Crippen LogP contribution in [0.4, 0.5) is 8.78 Å². The Morgan fingerprint density at radius 3 is 1.92 bits per heavy atom. The molecule has 0 amide bonds. The predicted molar refractivity (Wildman–Crippen MR) is 48.2 cm³/mol. The van der Waals surface area contributed by atoms with Crippen molar-refractivity contribution in [2.24, 2.45) is 5.92 Å². The van der Waals surface area contributed by atoms with Gasteiger partial charge in [0.15, 0.2) is 0 Å². The largest absolute Gasteiger partial charge is 0.291 e. The van der Waals surface area contributed by atoms with Gasteiger partial charge in [0.25, 0.3) is 0 Å². The minimum atomic E-state index is -0.741. The minimum absolute atomic E-state index is 0.168. The molecule has 13 heavy (non-hydrogen) atoms. The van der Waals surface area contributed by atoms with Gasteiger partial charge in [0, 0.05) is 18.6 Å². The van der Waals surface area contributed by atoms with E-state index in [9.17, 15) is 8.78 Å². The number of hydrogen-bond donors (Lipinski definition) is 0. The van der Waals surface area contributed by atoms with Crippen LogP contribution in [0, 0.1) is 5.92 Å². The zero-order valence-electron chi connectivity index (χ0n) is 8.26. The van der Waals surface area contributed by atoms with Crippen LogP contribution in [-0.4, -0.2) is 35.9 Å². The van der Waals surface area contributed by atoms with Crippen LogP contribution in [0.15, 0.2) is 0 Å². The third-order valence-corrected chi connectivity index (χ3v) is 3.69. The Morgan fingerprint density at radius 1 is 1.15 bits per heavy atom. The van der Waals surface area contributed by atoms with Crippen molar-refractivity contribution in [2.75, 3.05) is 13.1 Å². The molecule has 0 aromatic heterocycles. The van der Waals surface area contributed by atoms with Crippen molar-refractivity contribution in [3.63, 3.8) is 0 Å². The Balaban J connectivity index is 2.21. The zero-order valence-corrected chi connectivity index (χ0v) is 8.26. The topological polar surface area (TPSA) is 3.24 Å². The monoisotopic (exact) mass is 189 g/mol. The molecule has 76 valence electrons. The maximum absolute atomic E-state index is 13.2. The van der Waals surface area contributed by atoms with Crippen LogP contribution < -0.4 is 0 Å². The molecule has 2 rings (SSSR count). The fraction of sp³-hybridized carbons (Fsp3) is 1.00. The van der Waals surface area contributed by atoms with Crippen molar-refractivity contribution in [3.05, 3.63) is 0 Å². The molecule has 0 radical (unpaired) electrons. The van der Waals surface area contributed by atoms with E-state index in [1.54, 1.807) is 0 Å². The first-order valence-electron chi connectivity index (χ1n) is 5.08. The lowest BCUT2D eigenvalue weighted by Gasteiger charge is -2.35. The first-order chi connectivity index (χ1) is 6.04. The van der Waals surface area contributed by atoms with Gasteiger partial charge in [0.05, 0.1) is 0 Å². The van der Waals surface area contributed by atoms with Crippen LogP contribution in [0.2, 0.25) is 0 Å². The Kier molecular flexibility index (Phi) is 2.10. The number of alkyl halides is 2. The molecule has 2 atom stereocenters. The summed E-state index contributed by atoms with van der Waals surface area (Å²) in [6.45, 7) is 5.03. The zero-order chi connectivity index (χ0) is 9.64. The SMILES string of the molecule is CC(C)C12CC(F)CN1CC(F)C2. The van der Waals surface area contributed by atoms with E-state index in [0.29, 0.717) is 31.8 Å². The molecule has 0 bridgehead atoms. The molecule has 2 unspecified atom stereocenters. The summed E-state index contributed by atoms with van der Waals surface area (Å²) in [5.41, 5.74) is -0.168. The standard InChI is InChI=1S/C10H17F2N/c1-7(2)10-3-8(11)5-13(10)6-9(12)4-10/h7-9H,3-6H2,1-2H3. The molecule has 2 aliphatic rings. The third kappa shape index (κ3) is 1.28. The highest BCUT2D eigenvalue weighted by molar-refractivity contribution is 5.07. The van der Waals surface area contributed by atoms with Crippen LogP contribution in [0.3, 0.4) is 0 Å². The lowest BCUT2D eigenvalue weighted by Crippen LogP contribution is -2.42. The van der Waals surface area contributed by atoms with Crippen LogP contribution in [0.1, 0.15) is 26.7 Å². The predicted octanol–water partition coefficient (Wildman–Crippen LogP) is 2.17. The average Bonchev–Trinajstić information content (AvgIpc) is 2.40. The Hall–Kier alpha value is -0.180. The molecule has 2 aliphatic heterocycles. The van der Waals surface area contributed by atoms with Crippen LogP contribution in [-0.2, 0) is 0 Å². The lowest BCUT2D eigenvalue weighted by atomic mass is 9.82. The van der Waals surface area contributed by atoms with Gasteiger partial charge in [0.1, 0.15) is 12.3 Å². The van der Waals surface area contributed by atoms with Gasteiger partial charge in [0.2, 0.25) is 0 Å². The summed E-state index contributed by atoms with van der Waals surface area (Å²) >= 11 is 0. The lowest BCUT2D eigenvalue weighted by molar-refractivity contribution is 0.136. The van der Waals surface area contributed by atoms with Gasteiger partial charge in [-0.25, -0.2) is 8.78 Å². The van der Waals surface area contributed by atoms with Crippen molar-refractivity contribution in [1.82, 2.24) is 4.90 Å². The molecule has 1 nitrogen and oxygen atoms in total. The highest BCUT2D eigenvalue weighted by Crippen LogP contribution is 2.45. The molecule has 0 aromatic carbocycles. The molecule has 2 heterocycles. The van der Waals surface area contributed by atoms with Crippen LogP contribution >= 0.6 is 0 Å². The maximum Gasteiger partial charge on any atom is 0.115 e. The second-order valence-corrected chi connectivity index (χ2v) is 4.77. The number of rotatable bonds is 1. The van der Waals surface area contributed by atoms with Crippen LogP contribution in [0.5, 0.6) is 0 Å². The Morgan fingerprint density at radius 2 is 1.62 bits per heavy atom. The van der Waals surface area contributed by atoms with Gasteiger partial charge in [-0.15, -0.1) is 0 Å². The summed E-state index contributed by atoms with van der Waals surface area (Å²) in [6.07, 6.45) is -0.416. The van der Waals surface area contributed by atoms with Crippen molar-refractivity contribution < 1.29 is 8.78 Å². The number of nitrogens with zero attached hydrogens (tertiary/aromatic N) is 1. The van der Waals surface area contributed by atoms with E-state index in [0.717, 1.165) is 0 Å². The molecular weight excluding hydrogens is 172 g/mol. The Labute approximate surface area is 78.1 Å². The smallest absolute Gasteiger partial charge is 0.115 e. The third-order valence-electron chi connectivity index (χ3n) is 3.69. The second-order valence-electron chi connectivity index (χ2n) is 4.77. The molecule has 0 spiro atoms. The number of halogens is 2. The number of fused-ring (bicyclic) bond motifs is 1. The molecule has 0 aromatic rings. The Bertz CT molecular complexity index is 191. The van der Waals surface area contributed by atoms with Gasteiger partial charge in [-0.1, -0.05) is 13.8 Å². The normalized spacial score (nSPS) is 45.9. The van der Waals surface area contributed by atoms with Crippen molar-refractivity contribution in [3.8, 4) is 0 Å². The van der Waals surface area contributed by atoms with Gasteiger partial charge >= 0.3 is 0 Å². The van der Waals surface area contributed by atoms with E-state index in [-0.39, 0.29) is 5.54 Å². The summed E-state index contributed by atoms with van der Waals surface area (Å²) in [4.78, 5) is 2.02. The summed E-state index contributed by atoms with van der Waals surface area (Å²) in [5, 5.41) is 0. The fourth-order valence-electron chi connectivity index (χ4n) is 2.99. The van der Waals surface area contributed by atoms with Crippen LogP contribution in [0.25, 0.3) is 0 Å². The second kappa shape index (κ2) is 2.91. The van der Waals surface area contributed by atoms with E-state index in [4.69, 9.17) is 0 Å². The molecule has 2 fully saturated rings. The van der Waals surface area contributed by atoms with E-state index in [1.807, 2.05) is 4.90 Å². The molecule has 0 saturated carbocycles. The maximum atomic E-state index is 13.2. The molecule has 0 aliphatic carbocycles. The van der Waals surface area contributed by atoms with E-state index in [1.165, 1.54) is 0 Å². The van der Waals surface area contributed by atoms with Gasteiger partial charge in [-0.3, -0.25) is 4.90 Å². The number of hydrogen-bond acceptors (Lipinski definition) is 1. The highest BCUT2D eigenvalue weighted by atomic mass is 19.1. The fourth-order valence-corrected chi connectivity index (χ4v) is 2.99. The summed E-state index contributed by atoms with van der Waals surface area (Å²) in [5.74, 6) is 0.356. The van der Waals surface area contributed by atoms with Crippen molar-refractivity contribution in [2.45, 2.75) is 44.6 Å². The van der Waals surface area contributed by atoms with Gasteiger partial charge in [-0.05, 0) is 18.8 Å². The molecular formula is C10H17F2N. The van der Waals surface area contributed by atoms with Crippen molar-refractivity contribution in [1.29, 1.82) is 0 Å². The molecule has 0 N–H and O–H groups in total. The first-order valence-corrected chi connectivity index (χ1v) is 5.08. The highest BCUT2D eigenvalue weighted by Gasteiger charge is 2.53. The minimum Gasteiger partial charge on any atom is -0.291 e. The first kappa shape index (κ1) is 9.38. The average molecular weight is 189 g/mol. The van der Waals surface area contributed by atoms with E-state index in [2.05, 4.69) is 13.8 Å². The van der Waals surface area contributed by atoms with Gasteiger partial charge in [-0.2, -0.15) is 0 Å². The quantitative estimate of drug-likeness (QED) is 0.611. The van der Waals surface area contributed by atoms with Gasteiger partial charge < -0.3 is 0 Å². The molecule has 2 saturated heterocycles. The van der Waals surface area contributed by atoms with Crippen molar-refractivity contribution >= 4 is 0 Å². The molecule has 3 heteroatoms. The van der Waals surface area contributed by atoms with E-state index >= 15 is 0 Å².